The average Bonchev–Trinajstić information content (AvgIpc) is 3.61. The van der Waals surface area contributed by atoms with Gasteiger partial charge >= 0.3 is 0 Å². The summed E-state index contributed by atoms with van der Waals surface area (Å²) in [4.78, 5) is 10.9. The number of nitrogens with one attached hydrogen (secondary N) is 1. The van der Waals surface area contributed by atoms with E-state index in [1.807, 2.05) is 6.07 Å². The highest BCUT2D eigenvalue weighted by molar-refractivity contribution is 5.74. The number of nitriles is 1. The number of hydrogen-bond acceptors (Lipinski definition) is 8. The standard InChI is InChI=1S/C31H33F3N8O/c1-19-17-41(18-24(36)29(19)43-12-4-10-35)27-7-11-37-16-26(27)39-30-38-15-21-5-6-25(40-42(21)30)28-22(32)13-20(14-23(28)33)31(34)8-2-3-9-31/h5-7,11,13-16,19,24,29H,2-4,8-9,12,17-18,36H2,1H3,(H,38,39). The van der Waals surface area contributed by atoms with E-state index >= 15 is 13.2 Å². The van der Waals surface area contributed by atoms with Crippen LogP contribution in [0.25, 0.3) is 16.8 Å². The monoisotopic (exact) mass is 590 g/mol. The maximum atomic E-state index is 15.3. The van der Waals surface area contributed by atoms with Crippen molar-refractivity contribution in [3.63, 3.8) is 0 Å². The van der Waals surface area contributed by atoms with Crippen LogP contribution in [0.4, 0.5) is 30.5 Å². The molecule has 3 aromatic heterocycles. The fourth-order valence-corrected chi connectivity index (χ4v) is 6.31. The van der Waals surface area contributed by atoms with Gasteiger partial charge in [0.25, 0.3) is 0 Å². The van der Waals surface area contributed by atoms with Crippen LogP contribution in [0.2, 0.25) is 0 Å². The third-order valence-corrected chi connectivity index (χ3v) is 8.43. The number of aromatic nitrogens is 4. The van der Waals surface area contributed by atoms with Crippen LogP contribution in [0, 0.1) is 28.9 Å². The van der Waals surface area contributed by atoms with Crippen molar-refractivity contribution in [3.8, 4) is 17.3 Å². The molecule has 2 fully saturated rings. The van der Waals surface area contributed by atoms with Gasteiger partial charge in [-0.2, -0.15) is 14.9 Å². The lowest BCUT2D eigenvalue weighted by molar-refractivity contribution is -0.00331. The van der Waals surface area contributed by atoms with Crippen LogP contribution in [0.15, 0.2) is 48.9 Å². The molecule has 4 aromatic rings. The van der Waals surface area contributed by atoms with Crippen LogP contribution >= 0.6 is 0 Å². The zero-order valence-electron chi connectivity index (χ0n) is 23.8. The van der Waals surface area contributed by atoms with E-state index in [1.54, 1.807) is 24.7 Å². The number of nitrogens with zero attached hydrogens (tertiary/aromatic N) is 6. The maximum absolute atomic E-state index is 15.3. The minimum atomic E-state index is -1.71. The van der Waals surface area contributed by atoms with Crippen molar-refractivity contribution in [1.82, 2.24) is 19.6 Å². The Hall–Kier alpha value is -4.21. The Morgan fingerprint density at radius 1 is 1.14 bits per heavy atom. The second-order valence-electron chi connectivity index (χ2n) is 11.4. The van der Waals surface area contributed by atoms with E-state index in [4.69, 9.17) is 15.7 Å². The molecule has 224 valence electrons. The van der Waals surface area contributed by atoms with Gasteiger partial charge in [-0.1, -0.05) is 6.92 Å². The fraction of sp³-hybridized carbons (Fsp3) is 0.419. The molecule has 9 nitrogen and oxygen atoms in total. The van der Waals surface area contributed by atoms with E-state index in [2.05, 4.69) is 38.3 Å². The summed E-state index contributed by atoms with van der Waals surface area (Å²) >= 11 is 0. The molecule has 1 saturated carbocycles. The second-order valence-corrected chi connectivity index (χ2v) is 11.4. The van der Waals surface area contributed by atoms with E-state index in [0.717, 1.165) is 17.8 Å². The normalized spacial score (nSPS) is 21.7. The largest absolute Gasteiger partial charge is 0.375 e. The van der Waals surface area contributed by atoms with Crippen LogP contribution in [-0.4, -0.2) is 51.4 Å². The zero-order valence-corrected chi connectivity index (χ0v) is 23.8. The Morgan fingerprint density at radius 3 is 2.63 bits per heavy atom. The van der Waals surface area contributed by atoms with Gasteiger partial charge in [-0.25, -0.2) is 18.2 Å². The molecule has 4 heterocycles. The molecule has 12 heteroatoms. The van der Waals surface area contributed by atoms with Crippen LogP contribution in [0.5, 0.6) is 0 Å². The number of benzene rings is 1. The van der Waals surface area contributed by atoms with E-state index in [-0.39, 0.29) is 47.7 Å². The van der Waals surface area contributed by atoms with Crippen molar-refractivity contribution in [1.29, 1.82) is 5.26 Å². The maximum Gasteiger partial charge on any atom is 0.229 e. The molecule has 3 unspecified atom stereocenters. The Bertz CT molecular complexity index is 1630. The second kappa shape index (κ2) is 11.8. The predicted molar refractivity (Wildman–Crippen MR) is 156 cm³/mol. The molecule has 1 aromatic carbocycles. The summed E-state index contributed by atoms with van der Waals surface area (Å²) in [5, 5.41) is 16.6. The number of nitrogens with two attached hydrogens (primary N) is 1. The van der Waals surface area contributed by atoms with Crippen molar-refractivity contribution in [2.24, 2.45) is 11.7 Å². The number of pyridine rings is 1. The van der Waals surface area contributed by atoms with Gasteiger partial charge in [0.05, 0.1) is 65.7 Å². The number of piperidine rings is 1. The molecule has 0 spiro atoms. The Balaban J connectivity index is 1.27. The molecule has 3 N–H and O–H groups in total. The van der Waals surface area contributed by atoms with Gasteiger partial charge in [-0.05, 0) is 61.6 Å². The Labute approximate surface area is 247 Å². The van der Waals surface area contributed by atoms with E-state index in [0.29, 0.717) is 56.1 Å². The van der Waals surface area contributed by atoms with Gasteiger partial charge in [-0.15, -0.1) is 0 Å². The smallest absolute Gasteiger partial charge is 0.229 e. The Morgan fingerprint density at radius 2 is 1.91 bits per heavy atom. The van der Waals surface area contributed by atoms with Gasteiger partial charge in [-0.3, -0.25) is 4.98 Å². The van der Waals surface area contributed by atoms with Crippen LogP contribution in [0.3, 0.4) is 0 Å². The minimum Gasteiger partial charge on any atom is -0.375 e. The number of alkyl halides is 1. The van der Waals surface area contributed by atoms with Gasteiger partial charge in [0, 0.05) is 31.2 Å². The Kier molecular flexibility index (Phi) is 7.94. The number of anilines is 3. The number of rotatable bonds is 8. The minimum absolute atomic E-state index is 0.0331. The first-order valence-corrected chi connectivity index (χ1v) is 14.5. The van der Waals surface area contributed by atoms with Crippen molar-refractivity contribution < 1.29 is 17.9 Å². The van der Waals surface area contributed by atoms with Crippen LogP contribution in [0.1, 0.15) is 44.6 Å². The molecule has 1 aliphatic carbocycles. The van der Waals surface area contributed by atoms with Crippen molar-refractivity contribution in [2.45, 2.75) is 56.8 Å². The lowest BCUT2D eigenvalue weighted by atomic mass is 9.92. The molecule has 3 atom stereocenters. The molecule has 1 saturated heterocycles. The average molecular weight is 591 g/mol. The fourth-order valence-electron chi connectivity index (χ4n) is 6.31. The summed E-state index contributed by atoms with van der Waals surface area (Å²) in [5.41, 5.74) is 6.66. The molecular weight excluding hydrogens is 557 g/mol. The first-order chi connectivity index (χ1) is 20.8. The molecule has 43 heavy (non-hydrogen) atoms. The van der Waals surface area contributed by atoms with Gasteiger partial charge in [0.1, 0.15) is 17.3 Å². The highest BCUT2D eigenvalue weighted by Crippen LogP contribution is 2.44. The molecule has 0 bridgehead atoms. The molecule has 0 amide bonds. The van der Waals surface area contributed by atoms with E-state index in [1.165, 1.54) is 10.6 Å². The number of fused-ring (bicyclic) bond motifs is 1. The number of halogens is 3. The highest BCUT2D eigenvalue weighted by atomic mass is 19.1. The van der Waals surface area contributed by atoms with Gasteiger partial charge in [0.2, 0.25) is 5.95 Å². The van der Waals surface area contributed by atoms with Crippen LogP contribution in [-0.2, 0) is 10.4 Å². The van der Waals surface area contributed by atoms with E-state index < -0.39 is 17.3 Å². The quantitative estimate of drug-likeness (QED) is 0.254. The molecule has 2 aliphatic rings. The summed E-state index contributed by atoms with van der Waals surface area (Å²) in [6, 6.07) is 9.07. The summed E-state index contributed by atoms with van der Waals surface area (Å²) in [7, 11) is 0. The number of hydrogen-bond donors (Lipinski definition) is 2. The molecule has 0 radical (unpaired) electrons. The lowest BCUT2D eigenvalue weighted by Gasteiger charge is -2.42. The third kappa shape index (κ3) is 5.62. The summed E-state index contributed by atoms with van der Waals surface area (Å²) < 4.78 is 53.2. The highest BCUT2D eigenvalue weighted by Gasteiger charge is 2.37. The predicted octanol–water partition coefficient (Wildman–Crippen LogP) is 5.63. The molecule has 6 rings (SSSR count). The van der Waals surface area contributed by atoms with Crippen LogP contribution < -0.4 is 16.0 Å². The first kappa shape index (κ1) is 28.9. The lowest BCUT2D eigenvalue weighted by Crippen LogP contribution is -2.56. The van der Waals surface area contributed by atoms with E-state index in [9.17, 15) is 0 Å². The van der Waals surface area contributed by atoms with Gasteiger partial charge < -0.3 is 20.7 Å². The third-order valence-electron chi connectivity index (χ3n) is 8.43. The first-order valence-electron chi connectivity index (χ1n) is 14.5. The van der Waals surface area contributed by atoms with Crippen molar-refractivity contribution in [3.05, 3.63) is 66.1 Å². The summed E-state index contributed by atoms with van der Waals surface area (Å²) in [5.74, 6) is -1.29. The molecule has 1 aliphatic heterocycles. The summed E-state index contributed by atoms with van der Waals surface area (Å²) in [6.07, 6.45) is 7.01. The number of ether oxygens (including phenoxy) is 1. The number of imidazole rings is 1. The molecular formula is C31H33F3N8O. The summed E-state index contributed by atoms with van der Waals surface area (Å²) in [6.45, 7) is 3.61. The van der Waals surface area contributed by atoms with Crippen molar-refractivity contribution >= 4 is 22.8 Å². The topological polar surface area (TPSA) is 117 Å². The zero-order chi connectivity index (χ0) is 30.1. The SMILES string of the molecule is CC1CN(c2ccncc2Nc2ncc3ccc(-c4c(F)cc(C5(F)CCCC5)cc4F)nn23)CC(N)C1OCCC#N. The van der Waals surface area contributed by atoms with Gasteiger partial charge in [0.15, 0.2) is 0 Å². The van der Waals surface area contributed by atoms with Crippen molar-refractivity contribution in [2.75, 3.05) is 29.9 Å².